The first-order valence-electron chi connectivity index (χ1n) is 20.9. The van der Waals surface area contributed by atoms with Crippen LogP contribution in [0.15, 0.2) is 29.2 Å². The third kappa shape index (κ3) is 10.6. The highest BCUT2D eigenvalue weighted by Crippen LogP contribution is 2.38. The molecule has 1 aliphatic carbocycles. The average Bonchev–Trinajstić information content (AvgIpc) is 3.64. The highest BCUT2D eigenvalue weighted by atomic mass is 19.1. The van der Waals surface area contributed by atoms with Gasteiger partial charge in [-0.3, -0.25) is 24.0 Å². The highest BCUT2D eigenvalue weighted by molar-refractivity contribution is 6.01. The summed E-state index contributed by atoms with van der Waals surface area (Å²) in [5.41, 5.74) is -2.35. The van der Waals surface area contributed by atoms with Gasteiger partial charge in [0.1, 0.15) is 17.4 Å². The lowest BCUT2D eigenvalue weighted by atomic mass is 9.89. The largest absolute Gasteiger partial charge is 0.420 e. The van der Waals surface area contributed by atoms with Crippen molar-refractivity contribution in [2.45, 2.75) is 167 Å². The molecule has 302 valence electrons. The second kappa shape index (κ2) is 19.9. The summed E-state index contributed by atoms with van der Waals surface area (Å²) in [6.45, 7) is 6.36. The number of hydrogen-bond acceptors (Lipinski definition) is 7. The Kier molecular flexibility index (Phi) is 15.4. The Balaban J connectivity index is 1.24. The molecule has 9 nitrogen and oxygen atoms in total. The number of ether oxygens (including phenoxy) is 2. The van der Waals surface area contributed by atoms with Crippen LogP contribution in [0.1, 0.15) is 169 Å². The zero-order valence-corrected chi connectivity index (χ0v) is 33.1. The van der Waals surface area contributed by atoms with Crippen molar-refractivity contribution in [3.8, 4) is 5.75 Å². The molecule has 3 aliphatic rings. The average molecular weight is 767 g/mol. The molecule has 4 atom stereocenters. The quantitative estimate of drug-likeness (QED) is 0.0708. The molecule has 11 heteroatoms. The number of benzene rings is 1. The fourth-order valence-corrected chi connectivity index (χ4v) is 8.77. The highest BCUT2D eigenvalue weighted by Gasteiger charge is 2.49. The van der Waals surface area contributed by atoms with E-state index in [1.54, 1.807) is 11.8 Å². The minimum Gasteiger partial charge on any atom is -0.420 e. The van der Waals surface area contributed by atoms with E-state index in [-0.39, 0.29) is 48.0 Å². The molecule has 5 rings (SSSR count). The van der Waals surface area contributed by atoms with E-state index in [1.807, 2.05) is 6.92 Å². The van der Waals surface area contributed by atoms with Gasteiger partial charge in [0, 0.05) is 37.1 Å². The number of hydrogen-bond donors (Lipinski definition) is 0. The van der Waals surface area contributed by atoms with E-state index in [2.05, 4.69) is 6.92 Å². The van der Waals surface area contributed by atoms with E-state index >= 15 is 0 Å². The Labute approximate surface area is 324 Å². The lowest BCUT2D eigenvalue weighted by Crippen LogP contribution is -2.64. The van der Waals surface area contributed by atoms with Gasteiger partial charge in [-0.25, -0.2) is 8.78 Å². The summed E-state index contributed by atoms with van der Waals surface area (Å²) in [5.74, 6) is -5.34. The molecular weight excluding hydrogens is 706 g/mol. The number of carbonyl (C=O) groups excluding carboxylic acids is 4. The minimum absolute atomic E-state index is 0.0179. The minimum atomic E-state index is -1.08. The predicted octanol–water partition coefficient (Wildman–Crippen LogP) is 9.29. The lowest BCUT2D eigenvalue weighted by Gasteiger charge is -2.51. The maximum Gasteiger partial charge on any atom is 0.315 e. The molecule has 2 unspecified atom stereocenters. The summed E-state index contributed by atoms with van der Waals surface area (Å²) in [4.78, 5) is 70.7. The van der Waals surface area contributed by atoms with Crippen molar-refractivity contribution < 1.29 is 37.4 Å². The van der Waals surface area contributed by atoms with Crippen LogP contribution >= 0.6 is 0 Å². The molecule has 1 amide bonds. The van der Waals surface area contributed by atoms with Crippen LogP contribution in [0, 0.1) is 23.5 Å². The third-order valence-corrected chi connectivity index (χ3v) is 11.9. The van der Waals surface area contributed by atoms with Gasteiger partial charge in [-0.15, -0.1) is 0 Å². The molecule has 1 saturated carbocycles. The van der Waals surface area contributed by atoms with Crippen molar-refractivity contribution in [2.75, 3.05) is 6.61 Å². The first kappa shape index (κ1) is 42.4. The molecule has 55 heavy (non-hydrogen) atoms. The molecule has 0 N–H and O–H groups in total. The monoisotopic (exact) mass is 766 g/mol. The number of aryl methyl sites for hydroxylation is 1. The van der Waals surface area contributed by atoms with Crippen LogP contribution in [-0.2, 0) is 27.3 Å². The van der Waals surface area contributed by atoms with Crippen LogP contribution < -0.4 is 10.2 Å². The SMILES string of the molecule is CCCCCCCCCCCCCCCC(=O)C1CCCC1C(=O)Oc1c2n(cc(C(=O)CCc3ccc(F)cc3F)c1=O)C[C@]1(C)OCC[C@@H](C)N1C2=O. The molecule has 3 heterocycles. The molecule has 1 saturated heterocycles. The van der Waals surface area contributed by atoms with Crippen molar-refractivity contribution in [3.63, 3.8) is 0 Å². The number of carbonyl (C=O) groups is 4. The number of halogens is 2. The summed E-state index contributed by atoms with van der Waals surface area (Å²) >= 11 is 0. The van der Waals surface area contributed by atoms with E-state index in [0.717, 1.165) is 37.8 Å². The van der Waals surface area contributed by atoms with Crippen LogP contribution in [0.5, 0.6) is 5.75 Å². The van der Waals surface area contributed by atoms with Crippen molar-refractivity contribution in [3.05, 3.63) is 63.1 Å². The summed E-state index contributed by atoms with van der Waals surface area (Å²) < 4.78 is 41.2. The molecular formula is C44H60F2N2O7. The van der Waals surface area contributed by atoms with E-state index in [4.69, 9.17) is 9.47 Å². The maximum absolute atomic E-state index is 14.4. The Morgan fingerprint density at radius 3 is 2.16 bits per heavy atom. The molecule has 2 aromatic rings. The van der Waals surface area contributed by atoms with Gasteiger partial charge in [0.15, 0.2) is 17.2 Å². The van der Waals surface area contributed by atoms with E-state index in [9.17, 15) is 32.8 Å². The molecule has 1 aromatic heterocycles. The topological polar surface area (TPSA) is 112 Å². The van der Waals surface area contributed by atoms with Crippen molar-refractivity contribution in [1.29, 1.82) is 0 Å². The van der Waals surface area contributed by atoms with Crippen LogP contribution in [0.2, 0.25) is 0 Å². The number of ketones is 2. The number of nitrogens with zero attached hydrogens (tertiary/aromatic N) is 2. The Bertz CT molecular complexity index is 1740. The van der Waals surface area contributed by atoms with Crippen LogP contribution in [-0.4, -0.2) is 51.3 Å². The van der Waals surface area contributed by atoms with Crippen LogP contribution in [0.4, 0.5) is 8.78 Å². The lowest BCUT2D eigenvalue weighted by molar-refractivity contribution is -0.185. The van der Waals surface area contributed by atoms with Gasteiger partial charge in [0.05, 0.1) is 24.6 Å². The number of unbranched alkanes of at least 4 members (excludes halogenated alkanes) is 12. The number of amides is 1. The number of esters is 1. The second-order valence-electron chi connectivity index (χ2n) is 16.2. The molecule has 1 aromatic carbocycles. The van der Waals surface area contributed by atoms with Gasteiger partial charge in [-0.05, 0) is 57.6 Å². The number of Topliss-reactive ketones (excluding diaryl/α,β-unsaturated/α-hetero) is 2. The summed E-state index contributed by atoms with van der Waals surface area (Å²) in [6, 6.07) is 2.85. The van der Waals surface area contributed by atoms with Gasteiger partial charge in [0.25, 0.3) is 5.91 Å². The maximum atomic E-state index is 14.4. The normalized spacial score (nSPS) is 22.0. The first-order chi connectivity index (χ1) is 26.4. The van der Waals surface area contributed by atoms with Crippen molar-refractivity contribution in [1.82, 2.24) is 9.47 Å². The Morgan fingerprint density at radius 2 is 1.51 bits per heavy atom. The predicted molar refractivity (Wildman–Crippen MR) is 206 cm³/mol. The Morgan fingerprint density at radius 1 is 0.873 bits per heavy atom. The van der Waals surface area contributed by atoms with Crippen molar-refractivity contribution in [2.24, 2.45) is 11.8 Å². The fourth-order valence-electron chi connectivity index (χ4n) is 8.77. The van der Waals surface area contributed by atoms with Gasteiger partial charge >= 0.3 is 5.97 Å². The summed E-state index contributed by atoms with van der Waals surface area (Å²) in [5, 5.41) is 0. The number of aromatic nitrogens is 1. The van der Waals surface area contributed by atoms with Gasteiger partial charge in [-0.2, -0.15) is 0 Å². The summed E-state index contributed by atoms with van der Waals surface area (Å²) in [7, 11) is 0. The van der Waals surface area contributed by atoms with Gasteiger partial charge in [0.2, 0.25) is 11.2 Å². The van der Waals surface area contributed by atoms with Crippen LogP contribution in [0.3, 0.4) is 0 Å². The molecule has 0 spiro atoms. The molecule has 2 fully saturated rings. The van der Waals surface area contributed by atoms with Crippen LogP contribution in [0.25, 0.3) is 0 Å². The Hall–Kier alpha value is -3.73. The van der Waals surface area contributed by atoms with E-state index < -0.39 is 58.0 Å². The molecule has 0 radical (unpaired) electrons. The fraction of sp³-hybridized carbons (Fsp3) is 0.659. The number of fused-ring (bicyclic) bond motifs is 2. The number of rotatable bonds is 21. The second-order valence-corrected chi connectivity index (χ2v) is 16.2. The van der Waals surface area contributed by atoms with Gasteiger partial charge < -0.3 is 18.9 Å². The molecule has 0 bridgehead atoms. The van der Waals surface area contributed by atoms with E-state index in [1.165, 1.54) is 74.6 Å². The van der Waals surface area contributed by atoms with E-state index in [0.29, 0.717) is 38.7 Å². The first-order valence-corrected chi connectivity index (χ1v) is 20.9. The molecule has 2 aliphatic heterocycles. The van der Waals surface area contributed by atoms with Gasteiger partial charge in [-0.1, -0.05) is 96.5 Å². The number of pyridine rings is 1. The third-order valence-electron chi connectivity index (χ3n) is 11.9. The summed E-state index contributed by atoms with van der Waals surface area (Å²) in [6.07, 6.45) is 19.1. The zero-order valence-electron chi connectivity index (χ0n) is 33.1. The van der Waals surface area contributed by atoms with Crippen molar-refractivity contribution >= 4 is 23.4 Å². The smallest absolute Gasteiger partial charge is 0.315 e. The zero-order chi connectivity index (χ0) is 39.5. The standard InChI is InChI=1S/C44H60F2N2O7/c1-4-5-6-7-8-9-10-11-12-13-14-15-16-20-37(49)33-18-17-19-34(33)43(53)55-41-39-42(52)48-30(2)25-26-54-44(48,3)29-47(39)28-35(40(41)51)38(50)24-22-31-21-23-32(45)27-36(31)46/h21,23,27-28,30,33-34H,4-20,22,24-26,29H2,1-3H3/t30-,33?,34?,44+/m1/s1.